The van der Waals surface area contributed by atoms with E-state index in [1.807, 2.05) is 0 Å². The van der Waals surface area contributed by atoms with Crippen molar-refractivity contribution < 1.29 is 4.74 Å². The third kappa shape index (κ3) is 3.60. The number of ether oxygens (including phenoxy) is 1. The van der Waals surface area contributed by atoms with Gasteiger partial charge in [0.05, 0.1) is 19.5 Å². The Labute approximate surface area is 84.7 Å². The molecule has 0 aliphatic carbocycles. The largest absolute Gasteiger partial charge is 0.494 e. The summed E-state index contributed by atoms with van der Waals surface area (Å²) < 4.78 is 4.96. The molecule has 0 bridgehead atoms. The molecule has 0 atom stereocenters. The fraction of sp³-hybridized carbons (Fsp3) is 0.600. The summed E-state index contributed by atoms with van der Waals surface area (Å²) in [6.45, 7) is 3.12. The summed E-state index contributed by atoms with van der Waals surface area (Å²) >= 11 is 0. The van der Waals surface area contributed by atoms with E-state index in [1.165, 1.54) is 12.8 Å². The molecule has 1 heterocycles. The minimum Gasteiger partial charge on any atom is -0.494 e. The zero-order chi connectivity index (χ0) is 10.2. The number of rotatable bonds is 6. The predicted octanol–water partition coefficient (Wildman–Crippen LogP) is 2.09. The summed E-state index contributed by atoms with van der Waals surface area (Å²) in [4.78, 5) is 8.20. The monoisotopic (exact) mass is 195 g/mol. The van der Waals surface area contributed by atoms with Crippen LogP contribution in [0.25, 0.3) is 0 Å². The maximum Gasteiger partial charge on any atom is 0.222 e. The lowest BCUT2D eigenvalue weighted by molar-refractivity contribution is 0.411. The highest BCUT2D eigenvalue weighted by molar-refractivity contribution is 5.26. The summed E-state index contributed by atoms with van der Waals surface area (Å²) in [5.41, 5.74) is 0. The van der Waals surface area contributed by atoms with Gasteiger partial charge in [0.1, 0.15) is 0 Å². The molecule has 0 saturated carbocycles. The highest BCUT2D eigenvalue weighted by Crippen LogP contribution is 2.07. The van der Waals surface area contributed by atoms with Gasteiger partial charge in [-0.1, -0.05) is 19.8 Å². The zero-order valence-electron chi connectivity index (χ0n) is 8.79. The van der Waals surface area contributed by atoms with Crippen molar-refractivity contribution in [2.75, 3.05) is 19.0 Å². The first kappa shape index (κ1) is 10.8. The van der Waals surface area contributed by atoms with Crippen LogP contribution in [0.5, 0.6) is 5.75 Å². The topological polar surface area (TPSA) is 47.0 Å². The Balaban J connectivity index is 2.29. The van der Waals surface area contributed by atoms with Crippen LogP contribution in [0.3, 0.4) is 0 Å². The third-order valence-corrected chi connectivity index (χ3v) is 1.93. The van der Waals surface area contributed by atoms with Crippen LogP contribution in [0.15, 0.2) is 12.4 Å². The van der Waals surface area contributed by atoms with Gasteiger partial charge >= 0.3 is 0 Å². The molecule has 4 nitrogen and oxygen atoms in total. The molecule has 0 aliphatic rings. The summed E-state index contributed by atoms with van der Waals surface area (Å²) in [6.07, 6.45) is 6.95. The van der Waals surface area contributed by atoms with Crippen molar-refractivity contribution in [1.82, 2.24) is 9.97 Å². The number of nitrogens with one attached hydrogen (secondary N) is 1. The first-order valence-electron chi connectivity index (χ1n) is 4.96. The van der Waals surface area contributed by atoms with Gasteiger partial charge in [0, 0.05) is 6.54 Å². The predicted molar refractivity (Wildman–Crippen MR) is 56.6 cm³/mol. The van der Waals surface area contributed by atoms with E-state index in [9.17, 15) is 0 Å². The molecule has 1 rings (SSSR count). The van der Waals surface area contributed by atoms with E-state index < -0.39 is 0 Å². The van der Waals surface area contributed by atoms with Gasteiger partial charge in [0.15, 0.2) is 5.75 Å². The Hall–Kier alpha value is -1.32. The molecule has 0 fully saturated rings. The highest BCUT2D eigenvalue weighted by Gasteiger charge is 1.95. The van der Waals surface area contributed by atoms with Crippen molar-refractivity contribution in [1.29, 1.82) is 0 Å². The van der Waals surface area contributed by atoms with E-state index in [-0.39, 0.29) is 0 Å². The van der Waals surface area contributed by atoms with Crippen molar-refractivity contribution in [3.8, 4) is 5.75 Å². The van der Waals surface area contributed by atoms with Gasteiger partial charge in [-0.05, 0) is 6.42 Å². The van der Waals surface area contributed by atoms with Crippen molar-refractivity contribution in [3.05, 3.63) is 12.4 Å². The molecule has 1 aromatic rings. The lowest BCUT2D eigenvalue weighted by Gasteiger charge is -2.04. The smallest absolute Gasteiger partial charge is 0.222 e. The number of unbranched alkanes of at least 4 members (excludes halogenated alkanes) is 2. The van der Waals surface area contributed by atoms with Crippen molar-refractivity contribution in [2.45, 2.75) is 26.2 Å². The van der Waals surface area contributed by atoms with Crippen molar-refractivity contribution >= 4 is 5.95 Å². The molecule has 78 valence electrons. The standard InChI is InChI=1S/C10H17N3O/c1-3-4-5-6-11-10-12-7-9(14-2)8-13-10/h7-8H,3-6H2,1-2H3,(H,11,12,13). The lowest BCUT2D eigenvalue weighted by atomic mass is 10.2. The van der Waals surface area contributed by atoms with Gasteiger partial charge < -0.3 is 10.1 Å². The first-order valence-corrected chi connectivity index (χ1v) is 4.96. The first-order chi connectivity index (χ1) is 6.86. The van der Waals surface area contributed by atoms with Gasteiger partial charge in [0.25, 0.3) is 0 Å². The normalized spacial score (nSPS) is 9.86. The molecular weight excluding hydrogens is 178 g/mol. The number of aromatic nitrogens is 2. The molecule has 4 heteroatoms. The number of anilines is 1. The van der Waals surface area contributed by atoms with Gasteiger partial charge in [-0.3, -0.25) is 0 Å². The molecule has 14 heavy (non-hydrogen) atoms. The molecular formula is C10H17N3O. The van der Waals surface area contributed by atoms with Gasteiger partial charge in [-0.25, -0.2) is 9.97 Å². The highest BCUT2D eigenvalue weighted by atomic mass is 16.5. The van der Waals surface area contributed by atoms with Crippen LogP contribution < -0.4 is 10.1 Å². The van der Waals surface area contributed by atoms with Crippen LogP contribution in [0, 0.1) is 0 Å². The van der Waals surface area contributed by atoms with E-state index >= 15 is 0 Å². The minimum atomic E-state index is 0.668. The van der Waals surface area contributed by atoms with E-state index in [1.54, 1.807) is 19.5 Å². The van der Waals surface area contributed by atoms with Crippen LogP contribution in [-0.4, -0.2) is 23.6 Å². The fourth-order valence-electron chi connectivity index (χ4n) is 1.09. The minimum absolute atomic E-state index is 0.668. The Kier molecular flexibility index (Phi) is 4.75. The summed E-state index contributed by atoms with van der Waals surface area (Å²) in [5, 5.41) is 3.15. The van der Waals surface area contributed by atoms with Gasteiger partial charge in [0.2, 0.25) is 5.95 Å². The average Bonchev–Trinajstić information content (AvgIpc) is 2.25. The summed E-state index contributed by atoms with van der Waals surface area (Å²) in [7, 11) is 1.60. The second-order valence-corrected chi connectivity index (χ2v) is 3.08. The number of methoxy groups -OCH3 is 1. The molecule has 0 unspecified atom stereocenters. The Bertz CT molecular complexity index is 248. The average molecular weight is 195 g/mol. The Morgan fingerprint density at radius 3 is 2.57 bits per heavy atom. The number of hydrogen-bond acceptors (Lipinski definition) is 4. The SMILES string of the molecule is CCCCCNc1ncc(OC)cn1. The van der Waals surface area contributed by atoms with Crippen LogP contribution in [0.1, 0.15) is 26.2 Å². The maximum absolute atomic E-state index is 4.96. The molecule has 0 aliphatic heterocycles. The number of hydrogen-bond donors (Lipinski definition) is 1. The molecule has 1 N–H and O–H groups in total. The quantitative estimate of drug-likeness (QED) is 0.706. The van der Waals surface area contributed by atoms with Crippen LogP contribution in [-0.2, 0) is 0 Å². The maximum atomic E-state index is 4.96. The molecule has 0 radical (unpaired) electrons. The van der Waals surface area contributed by atoms with E-state index in [2.05, 4.69) is 22.2 Å². The Morgan fingerprint density at radius 2 is 2.00 bits per heavy atom. The summed E-state index contributed by atoms with van der Waals surface area (Å²) in [5.74, 6) is 1.35. The van der Waals surface area contributed by atoms with E-state index in [0.717, 1.165) is 13.0 Å². The van der Waals surface area contributed by atoms with Gasteiger partial charge in [-0.15, -0.1) is 0 Å². The second-order valence-electron chi connectivity index (χ2n) is 3.08. The molecule has 0 aromatic carbocycles. The van der Waals surface area contributed by atoms with Crippen molar-refractivity contribution in [3.63, 3.8) is 0 Å². The van der Waals surface area contributed by atoms with Crippen LogP contribution in [0.2, 0.25) is 0 Å². The van der Waals surface area contributed by atoms with Crippen LogP contribution in [0.4, 0.5) is 5.95 Å². The summed E-state index contributed by atoms with van der Waals surface area (Å²) in [6, 6.07) is 0. The lowest BCUT2D eigenvalue weighted by Crippen LogP contribution is -2.04. The second kappa shape index (κ2) is 6.18. The zero-order valence-corrected chi connectivity index (χ0v) is 8.79. The fourth-order valence-corrected chi connectivity index (χ4v) is 1.09. The number of nitrogens with zero attached hydrogens (tertiary/aromatic N) is 2. The van der Waals surface area contributed by atoms with Crippen LogP contribution >= 0.6 is 0 Å². The van der Waals surface area contributed by atoms with E-state index in [0.29, 0.717) is 11.7 Å². The molecule has 1 aromatic heterocycles. The van der Waals surface area contributed by atoms with E-state index in [4.69, 9.17) is 4.74 Å². The molecule has 0 amide bonds. The molecule has 0 spiro atoms. The Morgan fingerprint density at radius 1 is 1.29 bits per heavy atom. The third-order valence-electron chi connectivity index (χ3n) is 1.93. The molecule has 0 saturated heterocycles. The van der Waals surface area contributed by atoms with Gasteiger partial charge in [-0.2, -0.15) is 0 Å². The van der Waals surface area contributed by atoms with Crippen molar-refractivity contribution in [2.24, 2.45) is 0 Å².